The van der Waals surface area contributed by atoms with Crippen molar-refractivity contribution in [3.8, 4) is 11.3 Å². The molecule has 2 aromatic heterocycles. The number of aromatic amines is 1. The summed E-state index contributed by atoms with van der Waals surface area (Å²) >= 11 is 0. The molecule has 0 spiro atoms. The molecule has 0 aliphatic carbocycles. The zero-order valence-corrected chi connectivity index (χ0v) is 20.2. The van der Waals surface area contributed by atoms with Gasteiger partial charge in [0.25, 0.3) is 0 Å². The van der Waals surface area contributed by atoms with Gasteiger partial charge in [0, 0.05) is 63.4 Å². The van der Waals surface area contributed by atoms with Crippen LogP contribution in [0.15, 0.2) is 36.5 Å². The van der Waals surface area contributed by atoms with Crippen LogP contribution in [-0.4, -0.2) is 64.8 Å². The number of nitrogens with zero attached hydrogens (tertiary/aromatic N) is 5. The van der Waals surface area contributed by atoms with Crippen LogP contribution in [0.5, 0.6) is 0 Å². The largest absolute Gasteiger partial charge is 0.356 e. The first-order chi connectivity index (χ1) is 16.8. The molecule has 34 heavy (non-hydrogen) atoms. The average molecular weight is 461 g/mol. The van der Waals surface area contributed by atoms with E-state index < -0.39 is 0 Å². The molecule has 0 amide bonds. The van der Waals surface area contributed by atoms with Crippen LogP contribution in [0, 0.1) is 0 Å². The minimum atomic E-state index is 0.765. The maximum atomic E-state index is 5.01. The van der Waals surface area contributed by atoms with Crippen LogP contribution in [0.4, 0.5) is 11.8 Å². The van der Waals surface area contributed by atoms with Crippen molar-refractivity contribution >= 4 is 11.8 Å². The summed E-state index contributed by atoms with van der Waals surface area (Å²) < 4.78 is 0. The predicted octanol–water partition coefficient (Wildman–Crippen LogP) is 3.44. The van der Waals surface area contributed by atoms with E-state index in [1.165, 1.54) is 48.1 Å². The second-order valence-corrected chi connectivity index (χ2v) is 9.42. The number of H-pyrrole nitrogens is 1. The molecular weight excluding hydrogens is 424 g/mol. The monoisotopic (exact) mass is 460 g/mol. The van der Waals surface area contributed by atoms with Crippen molar-refractivity contribution in [1.29, 1.82) is 0 Å². The summed E-state index contributed by atoms with van der Waals surface area (Å²) in [6, 6.07) is 10.4. The van der Waals surface area contributed by atoms with E-state index in [0.29, 0.717) is 0 Å². The topological polar surface area (TPSA) is 85.0 Å². The van der Waals surface area contributed by atoms with Crippen LogP contribution in [0.3, 0.4) is 0 Å². The summed E-state index contributed by atoms with van der Waals surface area (Å²) in [4.78, 5) is 14.7. The Hall–Kier alpha value is -2.97. The molecule has 1 saturated heterocycles. The predicted molar refractivity (Wildman–Crippen MR) is 137 cm³/mol. The van der Waals surface area contributed by atoms with Crippen LogP contribution in [-0.2, 0) is 19.5 Å². The zero-order chi connectivity index (χ0) is 23.2. The first kappa shape index (κ1) is 22.8. The molecule has 0 atom stereocenters. The van der Waals surface area contributed by atoms with Gasteiger partial charge >= 0.3 is 0 Å². The Balaban J connectivity index is 1.22. The normalized spacial score (nSPS) is 16.4. The summed E-state index contributed by atoms with van der Waals surface area (Å²) in [5.41, 5.74) is 5.96. The first-order valence-corrected chi connectivity index (χ1v) is 12.6. The third kappa shape index (κ3) is 5.39. The molecule has 3 aromatic rings. The van der Waals surface area contributed by atoms with Crippen LogP contribution < -0.4 is 15.5 Å². The Bertz CT molecular complexity index is 1060. The van der Waals surface area contributed by atoms with E-state index in [0.717, 1.165) is 69.7 Å². The van der Waals surface area contributed by atoms with Gasteiger partial charge in [-0.15, -0.1) is 0 Å². The van der Waals surface area contributed by atoms with Crippen molar-refractivity contribution in [3.63, 3.8) is 0 Å². The lowest BCUT2D eigenvalue weighted by atomic mass is 10.1. The Morgan fingerprint density at radius 3 is 2.71 bits per heavy atom. The van der Waals surface area contributed by atoms with E-state index in [9.17, 15) is 0 Å². The average Bonchev–Trinajstić information content (AvgIpc) is 3.15. The van der Waals surface area contributed by atoms with Gasteiger partial charge in [0.15, 0.2) is 0 Å². The van der Waals surface area contributed by atoms with Gasteiger partial charge in [-0.1, -0.05) is 43.2 Å². The number of hydrogen-bond acceptors (Lipinski definition) is 7. The first-order valence-electron chi connectivity index (χ1n) is 12.6. The maximum Gasteiger partial charge on any atom is 0.224 e. The molecular formula is C26H36N8. The lowest BCUT2D eigenvalue weighted by molar-refractivity contribution is 0.340. The minimum absolute atomic E-state index is 0.765. The molecule has 5 rings (SSSR count). The summed E-state index contributed by atoms with van der Waals surface area (Å²) in [6.45, 7) is 6.57. The number of likely N-dealkylation sites (N-methyl/N-ethyl adjacent to an activating group) is 1. The number of benzene rings is 1. The summed E-state index contributed by atoms with van der Waals surface area (Å²) in [7, 11) is 2.14. The molecule has 0 radical (unpaired) electrons. The van der Waals surface area contributed by atoms with Gasteiger partial charge in [-0.2, -0.15) is 10.1 Å². The smallest absolute Gasteiger partial charge is 0.224 e. The summed E-state index contributed by atoms with van der Waals surface area (Å²) in [5, 5.41) is 14.5. The number of anilines is 2. The van der Waals surface area contributed by atoms with Crippen molar-refractivity contribution < 1.29 is 0 Å². The van der Waals surface area contributed by atoms with E-state index in [4.69, 9.17) is 9.97 Å². The van der Waals surface area contributed by atoms with E-state index in [-0.39, 0.29) is 0 Å². The highest BCUT2D eigenvalue weighted by atomic mass is 15.2. The van der Waals surface area contributed by atoms with Crippen LogP contribution in [0.25, 0.3) is 11.3 Å². The van der Waals surface area contributed by atoms with Gasteiger partial charge in [-0.05, 0) is 25.5 Å². The molecule has 1 aromatic carbocycles. The van der Waals surface area contributed by atoms with E-state index in [1.54, 1.807) is 0 Å². The Labute approximate surface area is 202 Å². The number of hydrogen-bond donors (Lipinski definition) is 3. The van der Waals surface area contributed by atoms with Gasteiger partial charge in [0.2, 0.25) is 5.95 Å². The Morgan fingerprint density at radius 2 is 1.88 bits per heavy atom. The molecule has 4 heterocycles. The SMILES string of the molecule is CN(CCNc1nc2c(c(N3CCCCCC3)n1)CNCC2)Cc1cn[nH]c1-c1ccccc1. The Kier molecular flexibility index (Phi) is 7.36. The highest BCUT2D eigenvalue weighted by Crippen LogP contribution is 2.27. The summed E-state index contributed by atoms with van der Waals surface area (Å²) in [6.07, 6.45) is 8.04. The molecule has 0 saturated carbocycles. The van der Waals surface area contributed by atoms with Gasteiger partial charge in [0.1, 0.15) is 5.82 Å². The molecule has 3 N–H and O–H groups in total. The maximum absolute atomic E-state index is 5.01. The molecule has 1 fully saturated rings. The van der Waals surface area contributed by atoms with Gasteiger partial charge in [-0.3, -0.25) is 5.10 Å². The quantitative estimate of drug-likeness (QED) is 0.475. The lowest BCUT2D eigenvalue weighted by Gasteiger charge is -2.28. The molecule has 0 bridgehead atoms. The fourth-order valence-electron chi connectivity index (χ4n) is 4.96. The molecule has 8 nitrogen and oxygen atoms in total. The minimum Gasteiger partial charge on any atom is -0.356 e. The standard InChI is InChI=1S/C26H36N8/c1-33(19-21-17-29-32-24(21)20-9-5-4-6-10-20)16-13-28-26-30-23-11-12-27-18-22(23)25(31-26)34-14-7-2-3-8-15-34/h4-6,9-10,17,27H,2-3,7-8,11-16,18-19H2,1H3,(H,29,32)(H,28,30,31). The zero-order valence-electron chi connectivity index (χ0n) is 20.2. The fraction of sp³-hybridized carbons (Fsp3) is 0.500. The van der Waals surface area contributed by atoms with Crippen LogP contribution >= 0.6 is 0 Å². The van der Waals surface area contributed by atoms with Crippen molar-refractivity contribution in [2.24, 2.45) is 0 Å². The molecule has 0 unspecified atom stereocenters. The van der Waals surface area contributed by atoms with E-state index >= 15 is 0 Å². The van der Waals surface area contributed by atoms with E-state index in [1.807, 2.05) is 12.3 Å². The van der Waals surface area contributed by atoms with Gasteiger partial charge < -0.3 is 20.4 Å². The lowest BCUT2D eigenvalue weighted by Crippen LogP contribution is -2.32. The van der Waals surface area contributed by atoms with Crippen molar-refractivity contribution in [1.82, 2.24) is 30.4 Å². The van der Waals surface area contributed by atoms with E-state index in [2.05, 4.69) is 61.9 Å². The van der Waals surface area contributed by atoms with Crippen molar-refractivity contribution in [3.05, 3.63) is 53.3 Å². The Morgan fingerprint density at radius 1 is 1.06 bits per heavy atom. The number of rotatable bonds is 8. The highest BCUT2D eigenvalue weighted by Gasteiger charge is 2.22. The fourth-order valence-corrected chi connectivity index (χ4v) is 4.96. The van der Waals surface area contributed by atoms with Crippen LogP contribution in [0.1, 0.15) is 42.5 Å². The molecule has 2 aliphatic heterocycles. The van der Waals surface area contributed by atoms with Gasteiger partial charge in [-0.25, -0.2) is 4.98 Å². The second kappa shape index (κ2) is 11.0. The third-order valence-corrected chi connectivity index (χ3v) is 6.81. The number of nitrogens with one attached hydrogen (secondary N) is 3. The second-order valence-electron chi connectivity index (χ2n) is 9.42. The molecule has 2 aliphatic rings. The molecule has 180 valence electrons. The van der Waals surface area contributed by atoms with Gasteiger partial charge in [0.05, 0.1) is 17.6 Å². The highest BCUT2D eigenvalue weighted by molar-refractivity contribution is 5.62. The summed E-state index contributed by atoms with van der Waals surface area (Å²) in [5.74, 6) is 1.91. The van der Waals surface area contributed by atoms with Crippen molar-refractivity contribution in [2.45, 2.75) is 45.2 Å². The third-order valence-electron chi connectivity index (χ3n) is 6.81. The number of fused-ring (bicyclic) bond motifs is 1. The van der Waals surface area contributed by atoms with Crippen molar-refractivity contribution in [2.75, 3.05) is 50.0 Å². The number of aromatic nitrogens is 4. The van der Waals surface area contributed by atoms with Crippen LogP contribution in [0.2, 0.25) is 0 Å². The molecule has 8 heteroatoms.